The maximum absolute atomic E-state index is 13.8. The third-order valence-corrected chi connectivity index (χ3v) is 6.92. The average Bonchev–Trinajstić information content (AvgIpc) is 2.91. The van der Waals surface area contributed by atoms with E-state index in [1.54, 1.807) is 0 Å². The smallest absolute Gasteiger partial charge is 0.242 e. The Kier molecular flexibility index (Phi) is 4.99. The normalized spacial score (nSPS) is 15.4. The Morgan fingerprint density at radius 2 is 1.32 bits per heavy atom. The number of para-hydroxylation sites is 2. The molecular weight excluding hydrogens is 420 g/mol. The second kappa shape index (κ2) is 8.31. The summed E-state index contributed by atoms with van der Waals surface area (Å²) in [4.78, 5) is 28.8. The molecular formula is C30H24N2O2. The SMILES string of the molecule is O=C(Cn1c2ccccc2c(=O)c2ccccc21)N1Cc2ccccc2C(c2ccccc2)C1. The molecule has 0 radical (unpaired) electrons. The molecule has 166 valence electrons. The van der Waals surface area contributed by atoms with Gasteiger partial charge in [-0.2, -0.15) is 0 Å². The number of pyridine rings is 1. The number of nitrogens with zero attached hydrogens (tertiary/aromatic N) is 2. The molecule has 0 bridgehead atoms. The van der Waals surface area contributed by atoms with Crippen molar-refractivity contribution < 1.29 is 4.79 Å². The third-order valence-electron chi connectivity index (χ3n) is 6.92. The van der Waals surface area contributed by atoms with Crippen LogP contribution in [-0.4, -0.2) is 21.9 Å². The summed E-state index contributed by atoms with van der Waals surface area (Å²) in [5.74, 6) is 0.187. The van der Waals surface area contributed by atoms with Gasteiger partial charge in [0.15, 0.2) is 5.43 Å². The number of fused-ring (bicyclic) bond motifs is 3. The van der Waals surface area contributed by atoms with Crippen molar-refractivity contribution in [3.05, 3.63) is 130 Å². The Bertz CT molecular complexity index is 1530. The van der Waals surface area contributed by atoms with Gasteiger partial charge in [-0.05, 0) is 41.0 Å². The van der Waals surface area contributed by atoms with E-state index in [0.717, 1.165) is 11.0 Å². The van der Waals surface area contributed by atoms with Crippen LogP contribution in [0, 0.1) is 0 Å². The molecule has 0 spiro atoms. The molecule has 0 saturated heterocycles. The van der Waals surface area contributed by atoms with E-state index in [1.807, 2.05) is 70.1 Å². The predicted octanol–water partition coefficient (Wildman–Crippen LogP) is 5.33. The standard InChI is InChI=1S/C30H24N2O2/c33-29(20-32-27-16-8-6-14-24(27)30(34)25-15-7-9-17-28(25)32)31-18-22-12-4-5-13-23(22)26(19-31)21-10-2-1-3-11-21/h1-17,26H,18-20H2. The van der Waals surface area contributed by atoms with Gasteiger partial charge < -0.3 is 9.47 Å². The van der Waals surface area contributed by atoms with E-state index in [-0.39, 0.29) is 23.8 Å². The van der Waals surface area contributed by atoms with Crippen molar-refractivity contribution in [3.63, 3.8) is 0 Å². The molecule has 1 aliphatic heterocycles. The highest BCUT2D eigenvalue weighted by atomic mass is 16.2. The molecule has 0 fully saturated rings. The average molecular weight is 445 g/mol. The number of carbonyl (C=O) groups excluding carboxylic acids is 1. The van der Waals surface area contributed by atoms with Gasteiger partial charge in [0.1, 0.15) is 6.54 Å². The van der Waals surface area contributed by atoms with Gasteiger partial charge in [0.2, 0.25) is 5.91 Å². The Labute approximate surface area is 197 Å². The molecule has 6 rings (SSSR count). The molecule has 5 aromatic rings. The summed E-state index contributed by atoms with van der Waals surface area (Å²) in [6.07, 6.45) is 0. The molecule has 2 heterocycles. The van der Waals surface area contributed by atoms with Crippen molar-refractivity contribution in [1.29, 1.82) is 0 Å². The first kappa shape index (κ1) is 20.4. The van der Waals surface area contributed by atoms with Crippen LogP contribution < -0.4 is 5.43 Å². The molecule has 1 atom stereocenters. The van der Waals surface area contributed by atoms with Crippen molar-refractivity contribution in [3.8, 4) is 0 Å². The Balaban J connectivity index is 1.42. The van der Waals surface area contributed by atoms with E-state index in [9.17, 15) is 9.59 Å². The Hall–Kier alpha value is -4.18. The van der Waals surface area contributed by atoms with E-state index < -0.39 is 0 Å². The van der Waals surface area contributed by atoms with Crippen molar-refractivity contribution >= 4 is 27.7 Å². The zero-order valence-corrected chi connectivity index (χ0v) is 18.7. The first-order valence-electron chi connectivity index (χ1n) is 11.6. The fourth-order valence-corrected chi connectivity index (χ4v) is 5.25. The molecule has 1 unspecified atom stereocenters. The molecule has 4 aromatic carbocycles. The van der Waals surface area contributed by atoms with E-state index in [1.165, 1.54) is 16.7 Å². The quantitative estimate of drug-likeness (QED) is 0.353. The number of rotatable bonds is 3. The number of benzene rings is 4. The first-order chi connectivity index (χ1) is 16.7. The van der Waals surface area contributed by atoms with Crippen LogP contribution in [-0.2, 0) is 17.9 Å². The molecule has 1 aliphatic rings. The minimum Gasteiger partial charge on any atom is -0.336 e. The van der Waals surface area contributed by atoms with E-state index in [4.69, 9.17) is 0 Å². The zero-order valence-electron chi connectivity index (χ0n) is 18.7. The van der Waals surface area contributed by atoms with Gasteiger partial charge >= 0.3 is 0 Å². The van der Waals surface area contributed by atoms with E-state index in [2.05, 4.69) is 42.5 Å². The fourth-order valence-electron chi connectivity index (χ4n) is 5.25. The molecule has 0 N–H and O–H groups in total. The van der Waals surface area contributed by atoms with E-state index >= 15 is 0 Å². The summed E-state index contributed by atoms with van der Waals surface area (Å²) >= 11 is 0. The monoisotopic (exact) mass is 444 g/mol. The molecule has 0 saturated carbocycles. The van der Waals surface area contributed by atoms with Crippen LogP contribution in [0.3, 0.4) is 0 Å². The first-order valence-corrected chi connectivity index (χ1v) is 11.6. The number of carbonyl (C=O) groups is 1. The van der Waals surface area contributed by atoms with Crippen LogP contribution in [0.5, 0.6) is 0 Å². The largest absolute Gasteiger partial charge is 0.336 e. The number of hydrogen-bond donors (Lipinski definition) is 0. The predicted molar refractivity (Wildman–Crippen MR) is 136 cm³/mol. The zero-order chi connectivity index (χ0) is 23.1. The maximum Gasteiger partial charge on any atom is 0.242 e. The highest BCUT2D eigenvalue weighted by Gasteiger charge is 2.29. The lowest BCUT2D eigenvalue weighted by Gasteiger charge is -2.35. The lowest BCUT2D eigenvalue weighted by Crippen LogP contribution is -2.40. The van der Waals surface area contributed by atoms with Crippen molar-refractivity contribution in [2.75, 3.05) is 6.54 Å². The highest BCUT2D eigenvalue weighted by molar-refractivity contribution is 5.94. The van der Waals surface area contributed by atoms with Crippen LogP contribution >= 0.6 is 0 Å². The number of hydrogen-bond acceptors (Lipinski definition) is 2. The highest BCUT2D eigenvalue weighted by Crippen LogP contribution is 2.33. The molecule has 4 nitrogen and oxygen atoms in total. The molecule has 1 aromatic heterocycles. The summed E-state index contributed by atoms with van der Waals surface area (Å²) < 4.78 is 1.99. The second-order valence-corrected chi connectivity index (χ2v) is 8.89. The lowest BCUT2D eigenvalue weighted by atomic mass is 9.84. The van der Waals surface area contributed by atoms with Gasteiger partial charge in [-0.1, -0.05) is 78.9 Å². The molecule has 4 heteroatoms. The molecule has 1 amide bonds. The van der Waals surface area contributed by atoms with E-state index in [0.29, 0.717) is 23.9 Å². The fraction of sp³-hybridized carbons (Fsp3) is 0.133. The van der Waals surface area contributed by atoms with Crippen LogP contribution in [0.15, 0.2) is 108 Å². The number of aromatic nitrogens is 1. The molecule has 34 heavy (non-hydrogen) atoms. The van der Waals surface area contributed by atoms with Gasteiger partial charge in [-0.25, -0.2) is 0 Å². The van der Waals surface area contributed by atoms with Crippen LogP contribution in [0.25, 0.3) is 21.8 Å². The van der Waals surface area contributed by atoms with Crippen molar-refractivity contribution in [2.45, 2.75) is 19.0 Å². The summed E-state index contributed by atoms with van der Waals surface area (Å²) in [6, 6.07) is 33.9. The topological polar surface area (TPSA) is 42.3 Å². The van der Waals surface area contributed by atoms with Crippen LogP contribution in [0.2, 0.25) is 0 Å². The van der Waals surface area contributed by atoms with Gasteiger partial charge in [0, 0.05) is 29.8 Å². The van der Waals surface area contributed by atoms with Crippen LogP contribution in [0.4, 0.5) is 0 Å². The van der Waals surface area contributed by atoms with Crippen molar-refractivity contribution in [1.82, 2.24) is 9.47 Å². The summed E-state index contributed by atoms with van der Waals surface area (Å²) in [5, 5.41) is 1.28. The van der Waals surface area contributed by atoms with Crippen LogP contribution in [0.1, 0.15) is 22.6 Å². The third kappa shape index (κ3) is 3.39. The van der Waals surface area contributed by atoms with Gasteiger partial charge in [0.25, 0.3) is 0 Å². The molecule has 0 aliphatic carbocycles. The second-order valence-electron chi connectivity index (χ2n) is 8.89. The summed E-state index contributed by atoms with van der Waals surface area (Å²) in [7, 11) is 0. The Morgan fingerprint density at radius 3 is 2.03 bits per heavy atom. The Morgan fingerprint density at radius 1 is 0.735 bits per heavy atom. The van der Waals surface area contributed by atoms with Gasteiger partial charge in [-0.3, -0.25) is 9.59 Å². The summed E-state index contributed by atoms with van der Waals surface area (Å²) in [5.41, 5.74) is 5.27. The van der Waals surface area contributed by atoms with Crippen molar-refractivity contribution in [2.24, 2.45) is 0 Å². The summed E-state index contributed by atoms with van der Waals surface area (Å²) in [6.45, 7) is 1.41. The van der Waals surface area contributed by atoms with Gasteiger partial charge in [-0.15, -0.1) is 0 Å². The minimum atomic E-state index is 0.00550. The minimum absolute atomic E-state index is 0.00550. The maximum atomic E-state index is 13.8. The van der Waals surface area contributed by atoms with Gasteiger partial charge in [0.05, 0.1) is 11.0 Å². The number of amides is 1. The lowest BCUT2D eigenvalue weighted by molar-refractivity contribution is -0.132.